The average molecular weight is 356 g/mol. The molecule has 3 rings (SSSR count). The number of carbonyl (C=O) groups is 1. The highest BCUT2D eigenvalue weighted by Gasteiger charge is 2.03. The summed E-state index contributed by atoms with van der Waals surface area (Å²) in [6.45, 7) is 0.791. The molecule has 2 aromatic carbocycles. The zero-order chi connectivity index (χ0) is 17.5. The molecule has 0 fully saturated rings. The Morgan fingerprint density at radius 3 is 2.72 bits per heavy atom. The number of carbonyl (C=O) groups excluding carboxylic acids is 1. The summed E-state index contributed by atoms with van der Waals surface area (Å²) < 4.78 is 7.30. The van der Waals surface area contributed by atoms with Gasteiger partial charge in [-0.2, -0.15) is 5.10 Å². The van der Waals surface area contributed by atoms with Crippen molar-refractivity contribution in [2.75, 3.05) is 6.61 Å². The first-order chi connectivity index (χ1) is 12.2. The van der Waals surface area contributed by atoms with Crippen molar-refractivity contribution < 1.29 is 9.53 Å². The number of benzene rings is 2. The fraction of sp³-hybridized carbons (Fsp3) is 0.158. The second-order valence-electron chi connectivity index (χ2n) is 5.45. The maximum Gasteiger partial charge on any atom is 0.223 e. The Hall–Kier alpha value is -2.79. The minimum Gasteiger partial charge on any atom is -0.493 e. The van der Waals surface area contributed by atoms with Crippen molar-refractivity contribution in [3.05, 3.63) is 77.6 Å². The van der Waals surface area contributed by atoms with Crippen LogP contribution in [0.3, 0.4) is 0 Å². The molecule has 6 heteroatoms. The van der Waals surface area contributed by atoms with Crippen LogP contribution in [0.15, 0.2) is 67.0 Å². The van der Waals surface area contributed by atoms with Gasteiger partial charge in [0.1, 0.15) is 5.75 Å². The van der Waals surface area contributed by atoms with Crippen molar-refractivity contribution in [2.24, 2.45) is 0 Å². The molecule has 25 heavy (non-hydrogen) atoms. The lowest BCUT2D eigenvalue weighted by Crippen LogP contribution is -2.24. The molecule has 5 nitrogen and oxygen atoms in total. The Bertz CT molecular complexity index is 817. The van der Waals surface area contributed by atoms with E-state index in [0.29, 0.717) is 23.9 Å². The summed E-state index contributed by atoms with van der Waals surface area (Å²) in [5.74, 6) is 0.604. The highest BCUT2D eigenvalue weighted by atomic mass is 35.5. The van der Waals surface area contributed by atoms with E-state index in [4.69, 9.17) is 16.3 Å². The maximum atomic E-state index is 11.9. The van der Waals surface area contributed by atoms with Gasteiger partial charge in [-0.25, -0.2) is 4.68 Å². The lowest BCUT2D eigenvalue weighted by Gasteiger charge is -2.08. The molecule has 0 bridgehead atoms. The molecule has 1 amide bonds. The number of rotatable bonds is 7. The molecule has 1 aromatic heterocycles. The van der Waals surface area contributed by atoms with E-state index >= 15 is 0 Å². The summed E-state index contributed by atoms with van der Waals surface area (Å²) in [5, 5.41) is 7.67. The molecule has 0 saturated carbocycles. The number of nitrogens with zero attached hydrogens (tertiary/aromatic N) is 2. The Balaban J connectivity index is 1.41. The molecule has 0 aliphatic carbocycles. The van der Waals surface area contributed by atoms with Crippen LogP contribution in [0.1, 0.15) is 12.0 Å². The van der Waals surface area contributed by atoms with Crippen molar-refractivity contribution in [2.45, 2.75) is 13.0 Å². The van der Waals surface area contributed by atoms with Crippen LogP contribution < -0.4 is 10.1 Å². The molecular formula is C19H18ClN3O2. The third kappa shape index (κ3) is 5.09. The SMILES string of the molecule is O=C(CCOc1cccc(Cl)c1)NCc1ccc(-n2cccn2)cc1. The first-order valence-electron chi connectivity index (χ1n) is 7.95. The van der Waals surface area contributed by atoms with E-state index in [1.807, 2.05) is 48.7 Å². The number of aromatic nitrogens is 2. The van der Waals surface area contributed by atoms with Crippen molar-refractivity contribution in [1.82, 2.24) is 15.1 Å². The first-order valence-corrected chi connectivity index (χ1v) is 8.32. The Morgan fingerprint density at radius 2 is 2.00 bits per heavy atom. The molecule has 0 spiro atoms. The van der Waals surface area contributed by atoms with Crippen molar-refractivity contribution >= 4 is 17.5 Å². The van der Waals surface area contributed by atoms with Gasteiger partial charge in [0.2, 0.25) is 5.91 Å². The van der Waals surface area contributed by atoms with Gasteiger partial charge in [0, 0.05) is 24.0 Å². The predicted molar refractivity (Wildman–Crippen MR) is 97.0 cm³/mol. The largest absolute Gasteiger partial charge is 0.493 e. The molecule has 0 aliphatic heterocycles. The molecule has 0 aliphatic rings. The van der Waals surface area contributed by atoms with Crippen LogP contribution in [0, 0.1) is 0 Å². The van der Waals surface area contributed by atoms with E-state index in [-0.39, 0.29) is 12.3 Å². The number of nitrogens with one attached hydrogen (secondary N) is 1. The molecule has 3 aromatic rings. The third-order valence-corrected chi connectivity index (χ3v) is 3.82. The van der Waals surface area contributed by atoms with Gasteiger partial charge in [-0.1, -0.05) is 29.8 Å². The summed E-state index contributed by atoms with van der Waals surface area (Å²) in [4.78, 5) is 11.9. The number of ether oxygens (including phenoxy) is 1. The van der Waals surface area contributed by atoms with Crippen LogP contribution in [-0.2, 0) is 11.3 Å². The lowest BCUT2D eigenvalue weighted by molar-refractivity contribution is -0.121. The van der Waals surface area contributed by atoms with Crippen LogP contribution in [0.5, 0.6) is 5.75 Å². The van der Waals surface area contributed by atoms with Gasteiger partial charge in [-0.05, 0) is 42.0 Å². The molecule has 0 atom stereocenters. The summed E-state index contributed by atoms with van der Waals surface area (Å²) in [7, 11) is 0. The lowest BCUT2D eigenvalue weighted by atomic mass is 10.2. The van der Waals surface area contributed by atoms with E-state index in [0.717, 1.165) is 11.3 Å². The number of hydrogen-bond donors (Lipinski definition) is 1. The monoisotopic (exact) mass is 355 g/mol. The Kier molecular flexibility index (Phi) is 5.69. The quantitative estimate of drug-likeness (QED) is 0.704. The summed E-state index contributed by atoms with van der Waals surface area (Å²) >= 11 is 5.88. The van der Waals surface area contributed by atoms with E-state index < -0.39 is 0 Å². The second-order valence-corrected chi connectivity index (χ2v) is 5.89. The summed E-state index contributed by atoms with van der Waals surface area (Å²) in [6, 6.07) is 16.9. The fourth-order valence-electron chi connectivity index (χ4n) is 2.30. The molecule has 0 saturated heterocycles. The minimum atomic E-state index is -0.0572. The van der Waals surface area contributed by atoms with Crippen LogP contribution in [0.25, 0.3) is 5.69 Å². The van der Waals surface area contributed by atoms with Gasteiger partial charge >= 0.3 is 0 Å². The van der Waals surface area contributed by atoms with E-state index in [1.54, 1.807) is 23.0 Å². The predicted octanol–water partition coefficient (Wildman–Crippen LogP) is 3.61. The van der Waals surface area contributed by atoms with Gasteiger partial charge in [0.15, 0.2) is 0 Å². The Labute approximate surface area is 151 Å². The smallest absolute Gasteiger partial charge is 0.223 e. The topological polar surface area (TPSA) is 56.1 Å². The summed E-state index contributed by atoms with van der Waals surface area (Å²) in [5.41, 5.74) is 2.01. The second kappa shape index (κ2) is 8.35. The third-order valence-electron chi connectivity index (χ3n) is 3.59. The van der Waals surface area contributed by atoms with Crippen LogP contribution in [0.4, 0.5) is 0 Å². The zero-order valence-electron chi connectivity index (χ0n) is 13.6. The number of amides is 1. The minimum absolute atomic E-state index is 0.0572. The highest BCUT2D eigenvalue weighted by Crippen LogP contribution is 2.17. The van der Waals surface area contributed by atoms with E-state index in [1.165, 1.54) is 0 Å². The molecule has 0 radical (unpaired) electrons. The molecule has 1 N–H and O–H groups in total. The van der Waals surface area contributed by atoms with Gasteiger partial charge in [-0.15, -0.1) is 0 Å². The van der Waals surface area contributed by atoms with Gasteiger partial charge in [-0.3, -0.25) is 4.79 Å². The van der Waals surface area contributed by atoms with Crippen molar-refractivity contribution in [3.8, 4) is 11.4 Å². The average Bonchev–Trinajstić information content (AvgIpc) is 3.15. The number of halogens is 1. The first kappa shape index (κ1) is 17.0. The summed E-state index contributed by atoms with van der Waals surface area (Å²) in [6.07, 6.45) is 3.91. The van der Waals surface area contributed by atoms with Gasteiger partial charge in [0.05, 0.1) is 18.7 Å². The van der Waals surface area contributed by atoms with Crippen molar-refractivity contribution in [3.63, 3.8) is 0 Å². The van der Waals surface area contributed by atoms with Crippen LogP contribution in [-0.4, -0.2) is 22.3 Å². The van der Waals surface area contributed by atoms with E-state index in [9.17, 15) is 4.79 Å². The highest BCUT2D eigenvalue weighted by molar-refractivity contribution is 6.30. The molecule has 128 valence electrons. The fourth-order valence-corrected chi connectivity index (χ4v) is 2.48. The standard InChI is InChI=1S/C19H18ClN3O2/c20-16-3-1-4-18(13-16)25-12-9-19(24)21-14-15-5-7-17(8-6-15)23-11-2-10-22-23/h1-8,10-11,13H,9,12,14H2,(H,21,24). The normalized spacial score (nSPS) is 10.4. The zero-order valence-corrected chi connectivity index (χ0v) is 14.3. The molecule has 0 unspecified atom stereocenters. The Morgan fingerprint density at radius 1 is 1.16 bits per heavy atom. The van der Waals surface area contributed by atoms with Crippen LogP contribution in [0.2, 0.25) is 5.02 Å². The molecular weight excluding hydrogens is 338 g/mol. The van der Waals surface area contributed by atoms with Gasteiger partial charge in [0.25, 0.3) is 0 Å². The van der Waals surface area contributed by atoms with E-state index in [2.05, 4.69) is 10.4 Å². The molecule has 1 heterocycles. The van der Waals surface area contributed by atoms with Crippen molar-refractivity contribution in [1.29, 1.82) is 0 Å². The maximum absolute atomic E-state index is 11.9. The van der Waals surface area contributed by atoms with Crippen LogP contribution >= 0.6 is 11.6 Å². The van der Waals surface area contributed by atoms with Gasteiger partial charge < -0.3 is 10.1 Å². The number of hydrogen-bond acceptors (Lipinski definition) is 3.